The first-order chi connectivity index (χ1) is 11.4. The molecule has 2 aromatic carbocycles. The number of hydrogen-bond donors (Lipinski definition) is 1. The highest BCUT2D eigenvalue weighted by Gasteiger charge is 2.30. The molecule has 1 heterocycles. The van der Waals surface area contributed by atoms with Gasteiger partial charge < -0.3 is 5.32 Å². The molecule has 7 heteroatoms. The molecule has 0 aromatic heterocycles. The van der Waals surface area contributed by atoms with Crippen LogP contribution in [0.3, 0.4) is 0 Å². The summed E-state index contributed by atoms with van der Waals surface area (Å²) in [5, 5.41) is 2.70. The number of benzene rings is 2. The molecule has 1 aliphatic heterocycles. The van der Waals surface area contributed by atoms with E-state index in [1.165, 1.54) is 24.0 Å². The quantitative estimate of drug-likeness (QED) is 0.924. The third kappa shape index (κ3) is 2.78. The lowest BCUT2D eigenvalue weighted by Crippen LogP contribution is -2.42. The third-order valence-electron chi connectivity index (χ3n) is 3.85. The van der Waals surface area contributed by atoms with Crippen molar-refractivity contribution in [1.29, 1.82) is 0 Å². The van der Waals surface area contributed by atoms with Crippen LogP contribution >= 0.6 is 0 Å². The normalized spacial score (nSPS) is 14.0. The number of amides is 2. The highest BCUT2D eigenvalue weighted by molar-refractivity contribution is 7.91. The van der Waals surface area contributed by atoms with Gasteiger partial charge in [0.25, 0.3) is 5.91 Å². The summed E-state index contributed by atoms with van der Waals surface area (Å²) in [4.78, 5) is 26.2. The predicted molar refractivity (Wildman–Crippen MR) is 90.9 cm³/mol. The molecular weight excluding hydrogens is 328 g/mol. The van der Waals surface area contributed by atoms with Crippen molar-refractivity contribution in [3.63, 3.8) is 0 Å². The molecule has 0 spiro atoms. The maximum Gasteiger partial charge on any atom is 0.260 e. The number of nitrogens with one attached hydrogen (secondary N) is 1. The van der Waals surface area contributed by atoms with E-state index in [4.69, 9.17) is 0 Å². The molecule has 2 amide bonds. The Bertz CT molecular complexity index is 922. The summed E-state index contributed by atoms with van der Waals surface area (Å²) in [5.74, 6) is -0.934. The first-order valence-corrected chi connectivity index (χ1v) is 9.12. The SMILES string of the molecule is CCS(=O)(=O)c1ccccc1C(=O)N1CC(=O)Nc2ccccc21. The minimum Gasteiger partial charge on any atom is -0.323 e. The highest BCUT2D eigenvalue weighted by Crippen LogP contribution is 2.31. The van der Waals surface area contributed by atoms with Gasteiger partial charge in [0.1, 0.15) is 6.54 Å². The van der Waals surface area contributed by atoms with E-state index in [2.05, 4.69) is 5.32 Å². The van der Waals surface area contributed by atoms with Crippen LogP contribution in [0.25, 0.3) is 0 Å². The molecule has 0 unspecified atom stereocenters. The molecule has 0 saturated heterocycles. The van der Waals surface area contributed by atoms with Gasteiger partial charge >= 0.3 is 0 Å². The maximum absolute atomic E-state index is 13.0. The number of carbonyl (C=O) groups is 2. The van der Waals surface area contributed by atoms with Gasteiger partial charge in [0, 0.05) is 0 Å². The van der Waals surface area contributed by atoms with Crippen LogP contribution < -0.4 is 10.2 Å². The van der Waals surface area contributed by atoms with Crippen LogP contribution in [0.5, 0.6) is 0 Å². The number of carbonyl (C=O) groups excluding carboxylic acids is 2. The van der Waals surface area contributed by atoms with E-state index in [1.54, 1.807) is 36.4 Å². The van der Waals surface area contributed by atoms with Crippen LogP contribution in [0.1, 0.15) is 17.3 Å². The van der Waals surface area contributed by atoms with Gasteiger partial charge in [-0.15, -0.1) is 0 Å². The van der Waals surface area contributed by atoms with Crippen molar-refractivity contribution in [1.82, 2.24) is 0 Å². The van der Waals surface area contributed by atoms with Gasteiger partial charge in [0.2, 0.25) is 5.91 Å². The molecule has 0 bridgehead atoms. The lowest BCUT2D eigenvalue weighted by molar-refractivity contribution is -0.115. The zero-order chi connectivity index (χ0) is 17.3. The second kappa shape index (κ2) is 6.09. The molecule has 0 atom stereocenters. The van der Waals surface area contributed by atoms with Gasteiger partial charge in [-0.05, 0) is 24.3 Å². The Kier molecular flexibility index (Phi) is 4.11. The Balaban J connectivity index is 2.10. The summed E-state index contributed by atoms with van der Waals surface area (Å²) >= 11 is 0. The predicted octanol–water partition coefficient (Wildman–Crippen LogP) is 2.08. The lowest BCUT2D eigenvalue weighted by atomic mass is 10.1. The lowest BCUT2D eigenvalue weighted by Gasteiger charge is -2.29. The van der Waals surface area contributed by atoms with Crippen molar-refractivity contribution >= 4 is 33.0 Å². The van der Waals surface area contributed by atoms with Crippen LogP contribution in [-0.2, 0) is 14.6 Å². The Labute approximate surface area is 140 Å². The van der Waals surface area contributed by atoms with Crippen molar-refractivity contribution < 1.29 is 18.0 Å². The van der Waals surface area contributed by atoms with Gasteiger partial charge in [0.05, 0.1) is 27.6 Å². The van der Waals surface area contributed by atoms with E-state index in [0.717, 1.165) is 0 Å². The topological polar surface area (TPSA) is 83.6 Å². The second-order valence-corrected chi connectivity index (χ2v) is 7.60. The molecular formula is C17H16N2O4S. The fraction of sp³-hybridized carbons (Fsp3) is 0.176. The van der Waals surface area contributed by atoms with Gasteiger partial charge in [-0.1, -0.05) is 31.2 Å². The highest BCUT2D eigenvalue weighted by atomic mass is 32.2. The molecule has 3 rings (SSSR count). The number of rotatable bonds is 3. The monoisotopic (exact) mass is 344 g/mol. The Morgan fingerprint density at radius 3 is 2.54 bits per heavy atom. The van der Waals surface area contributed by atoms with Crippen molar-refractivity contribution in [3.8, 4) is 0 Å². The van der Waals surface area contributed by atoms with Gasteiger partial charge in [0.15, 0.2) is 9.84 Å². The third-order valence-corrected chi connectivity index (χ3v) is 5.63. The van der Waals surface area contributed by atoms with E-state index in [-0.39, 0.29) is 28.7 Å². The van der Waals surface area contributed by atoms with E-state index in [1.807, 2.05) is 0 Å². The number of anilines is 2. The molecule has 0 saturated carbocycles. The minimum atomic E-state index is -3.55. The van der Waals surface area contributed by atoms with Crippen molar-refractivity contribution in [2.75, 3.05) is 22.5 Å². The summed E-state index contributed by atoms with van der Waals surface area (Å²) in [6.07, 6.45) is 0. The second-order valence-electron chi connectivity index (χ2n) is 5.36. The average Bonchev–Trinajstić information content (AvgIpc) is 2.60. The Morgan fingerprint density at radius 2 is 1.79 bits per heavy atom. The molecule has 124 valence electrons. The van der Waals surface area contributed by atoms with E-state index in [0.29, 0.717) is 11.4 Å². The molecule has 24 heavy (non-hydrogen) atoms. The first-order valence-electron chi connectivity index (χ1n) is 7.46. The number of nitrogens with zero attached hydrogens (tertiary/aromatic N) is 1. The van der Waals surface area contributed by atoms with E-state index in [9.17, 15) is 18.0 Å². The van der Waals surface area contributed by atoms with E-state index < -0.39 is 15.7 Å². The molecule has 1 aliphatic rings. The zero-order valence-corrected chi connectivity index (χ0v) is 13.8. The minimum absolute atomic E-state index is 0.0130. The van der Waals surface area contributed by atoms with Crippen LogP contribution in [-0.4, -0.2) is 32.5 Å². The fourth-order valence-electron chi connectivity index (χ4n) is 2.63. The molecule has 0 fully saturated rings. The van der Waals surface area contributed by atoms with Crippen molar-refractivity contribution in [2.45, 2.75) is 11.8 Å². The summed E-state index contributed by atoms with van der Waals surface area (Å²) in [6.45, 7) is 1.37. The average molecular weight is 344 g/mol. The molecule has 2 aromatic rings. The van der Waals surface area contributed by atoms with Gasteiger partial charge in [-0.2, -0.15) is 0 Å². The number of fused-ring (bicyclic) bond motifs is 1. The van der Waals surface area contributed by atoms with Crippen LogP contribution in [0.2, 0.25) is 0 Å². The fourth-order valence-corrected chi connectivity index (χ4v) is 3.72. The number of para-hydroxylation sites is 2. The van der Waals surface area contributed by atoms with Crippen LogP contribution in [0.4, 0.5) is 11.4 Å². The van der Waals surface area contributed by atoms with Gasteiger partial charge in [-0.3, -0.25) is 14.5 Å². The van der Waals surface area contributed by atoms with Crippen LogP contribution in [0.15, 0.2) is 53.4 Å². The van der Waals surface area contributed by atoms with Gasteiger partial charge in [-0.25, -0.2) is 8.42 Å². The van der Waals surface area contributed by atoms with Crippen molar-refractivity contribution in [2.24, 2.45) is 0 Å². The molecule has 6 nitrogen and oxygen atoms in total. The number of hydrogen-bond acceptors (Lipinski definition) is 4. The van der Waals surface area contributed by atoms with Crippen LogP contribution in [0, 0.1) is 0 Å². The molecule has 0 radical (unpaired) electrons. The Hall–Kier alpha value is -2.67. The molecule has 1 N–H and O–H groups in total. The first kappa shape index (κ1) is 16.2. The van der Waals surface area contributed by atoms with E-state index >= 15 is 0 Å². The standard InChI is InChI=1S/C17H16N2O4S/c1-2-24(22,23)15-10-6-3-7-12(15)17(21)19-11-16(20)18-13-8-4-5-9-14(13)19/h3-10H,2,11H2,1H3,(H,18,20). The summed E-state index contributed by atoms with van der Waals surface area (Å²) < 4.78 is 24.5. The smallest absolute Gasteiger partial charge is 0.260 e. The Morgan fingerprint density at radius 1 is 1.12 bits per heavy atom. The maximum atomic E-state index is 13.0. The zero-order valence-electron chi connectivity index (χ0n) is 13.0. The largest absolute Gasteiger partial charge is 0.323 e. The van der Waals surface area contributed by atoms with Crippen molar-refractivity contribution in [3.05, 3.63) is 54.1 Å². The summed E-state index contributed by atoms with van der Waals surface area (Å²) in [7, 11) is -3.55. The molecule has 0 aliphatic carbocycles. The summed E-state index contributed by atoms with van der Waals surface area (Å²) in [5.41, 5.74) is 1.15. The summed E-state index contributed by atoms with van der Waals surface area (Å²) in [6, 6.07) is 13.0. The number of sulfone groups is 1.